The van der Waals surface area contributed by atoms with Gasteiger partial charge in [-0.2, -0.15) is 0 Å². The van der Waals surface area contributed by atoms with E-state index >= 15 is 0 Å². The molecule has 1 saturated heterocycles. The van der Waals surface area contributed by atoms with Gasteiger partial charge >= 0.3 is 0 Å². The van der Waals surface area contributed by atoms with E-state index in [-0.39, 0.29) is 5.91 Å². The van der Waals surface area contributed by atoms with Gasteiger partial charge < -0.3 is 15.1 Å². The molecule has 0 aliphatic carbocycles. The van der Waals surface area contributed by atoms with Crippen LogP contribution in [0.4, 0.5) is 18.9 Å². The second-order valence-corrected chi connectivity index (χ2v) is 5.26. The van der Waals surface area contributed by atoms with E-state index in [4.69, 9.17) is 0 Å². The summed E-state index contributed by atoms with van der Waals surface area (Å²) in [6.07, 6.45) is -0.468. The predicted molar refractivity (Wildman–Crippen MR) is 78.3 cm³/mol. The van der Waals surface area contributed by atoms with Crippen LogP contribution in [0.25, 0.3) is 0 Å². The summed E-state index contributed by atoms with van der Waals surface area (Å²) in [5, 5.41) is 2.09. The monoisotopic (exact) mass is 329 g/mol. The van der Waals surface area contributed by atoms with Gasteiger partial charge in [-0.25, -0.2) is 13.2 Å². The zero-order chi connectivity index (χ0) is 17.0. The number of nitrogens with one attached hydrogen (secondary N) is 1. The van der Waals surface area contributed by atoms with E-state index < -0.39 is 35.5 Å². The van der Waals surface area contributed by atoms with Gasteiger partial charge in [0.15, 0.2) is 17.5 Å². The van der Waals surface area contributed by atoms with Crippen LogP contribution in [0.3, 0.4) is 0 Å². The van der Waals surface area contributed by atoms with Crippen LogP contribution in [-0.4, -0.2) is 54.3 Å². The highest BCUT2D eigenvalue weighted by atomic mass is 19.2. The van der Waals surface area contributed by atoms with Crippen LogP contribution >= 0.6 is 0 Å². The maximum absolute atomic E-state index is 13.5. The first-order chi connectivity index (χ1) is 10.9. The van der Waals surface area contributed by atoms with Crippen LogP contribution in [0.1, 0.15) is 13.3 Å². The van der Waals surface area contributed by atoms with Gasteiger partial charge in [-0.3, -0.25) is 9.59 Å². The van der Waals surface area contributed by atoms with Crippen molar-refractivity contribution in [2.24, 2.45) is 0 Å². The Kier molecular flexibility index (Phi) is 5.59. The Morgan fingerprint density at radius 1 is 1.09 bits per heavy atom. The van der Waals surface area contributed by atoms with Crippen LogP contribution in [0.5, 0.6) is 0 Å². The Morgan fingerprint density at radius 3 is 2.35 bits per heavy atom. The molecule has 1 N–H and O–H groups in total. The molecule has 1 aromatic carbocycles. The Labute approximate surface area is 132 Å². The summed E-state index contributed by atoms with van der Waals surface area (Å²) in [7, 11) is 0. The third-order valence-electron chi connectivity index (χ3n) is 3.79. The SMILES string of the molecule is CCN1CCN(C(=O)CC(=O)Nc2ccc(F)c(F)c2F)CC1. The summed E-state index contributed by atoms with van der Waals surface area (Å²) in [6, 6.07) is 1.62. The quantitative estimate of drug-likeness (QED) is 0.674. The largest absolute Gasteiger partial charge is 0.340 e. The molecule has 0 radical (unpaired) electrons. The standard InChI is InChI=1S/C15H18F3N3O2/c1-2-20-5-7-21(8-6-20)13(23)9-12(22)19-11-4-3-10(16)14(17)15(11)18/h3-4H,2,5-9H2,1H3,(H,19,22). The number of rotatable bonds is 4. The highest BCUT2D eigenvalue weighted by Crippen LogP contribution is 2.19. The Morgan fingerprint density at radius 2 is 1.74 bits per heavy atom. The molecular weight excluding hydrogens is 311 g/mol. The number of halogens is 3. The number of benzene rings is 1. The van der Waals surface area contributed by atoms with Crippen molar-refractivity contribution in [3.05, 3.63) is 29.6 Å². The van der Waals surface area contributed by atoms with Crippen molar-refractivity contribution in [3.8, 4) is 0 Å². The van der Waals surface area contributed by atoms with Crippen LogP contribution in [0, 0.1) is 17.5 Å². The van der Waals surface area contributed by atoms with Crippen LogP contribution in [0.15, 0.2) is 12.1 Å². The summed E-state index contributed by atoms with van der Waals surface area (Å²) >= 11 is 0. The number of piperazine rings is 1. The zero-order valence-corrected chi connectivity index (χ0v) is 12.7. The third-order valence-corrected chi connectivity index (χ3v) is 3.79. The van der Waals surface area contributed by atoms with Crippen molar-refractivity contribution in [2.75, 3.05) is 38.0 Å². The Balaban J connectivity index is 1.90. The summed E-state index contributed by atoms with van der Waals surface area (Å²) in [5.74, 6) is -5.63. The lowest BCUT2D eigenvalue weighted by Gasteiger charge is -2.33. The Hall–Kier alpha value is -2.09. The van der Waals surface area contributed by atoms with E-state index in [1.807, 2.05) is 6.92 Å². The second kappa shape index (κ2) is 7.45. The van der Waals surface area contributed by atoms with Crippen molar-refractivity contribution in [1.82, 2.24) is 9.80 Å². The molecule has 2 amide bonds. The molecule has 1 heterocycles. The summed E-state index contributed by atoms with van der Waals surface area (Å²) in [4.78, 5) is 27.5. The summed E-state index contributed by atoms with van der Waals surface area (Å²) in [6.45, 7) is 5.46. The fourth-order valence-electron chi connectivity index (χ4n) is 2.38. The van der Waals surface area contributed by atoms with E-state index in [1.165, 1.54) is 0 Å². The molecule has 8 heteroatoms. The fourth-order valence-corrected chi connectivity index (χ4v) is 2.38. The normalized spacial score (nSPS) is 15.6. The number of hydrogen-bond acceptors (Lipinski definition) is 3. The van der Waals surface area contributed by atoms with Crippen LogP contribution in [-0.2, 0) is 9.59 Å². The molecule has 0 unspecified atom stereocenters. The average molecular weight is 329 g/mol. The topological polar surface area (TPSA) is 52.7 Å². The minimum absolute atomic E-state index is 0.374. The van der Waals surface area contributed by atoms with Gasteiger partial charge in [-0.05, 0) is 18.7 Å². The molecule has 1 fully saturated rings. The number of nitrogens with zero attached hydrogens (tertiary/aromatic N) is 2. The van der Waals surface area contributed by atoms with E-state index in [0.29, 0.717) is 19.2 Å². The van der Waals surface area contributed by atoms with E-state index in [2.05, 4.69) is 10.2 Å². The number of likely N-dealkylation sites (N-methyl/N-ethyl adjacent to an activating group) is 1. The van der Waals surface area contributed by atoms with Gasteiger partial charge in [-0.1, -0.05) is 6.92 Å². The minimum Gasteiger partial charge on any atom is -0.340 e. The van der Waals surface area contributed by atoms with Crippen LogP contribution < -0.4 is 5.32 Å². The summed E-state index contributed by atoms with van der Waals surface area (Å²) < 4.78 is 39.4. The first-order valence-corrected chi connectivity index (χ1v) is 7.35. The molecule has 0 saturated carbocycles. The van der Waals surface area contributed by atoms with Gasteiger partial charge in [0.05, 0.1) is 5.69 Å². The number of hydrogen-bond donors (Lipinski definition) is 1. The smallest absolute Gasteiger partial charge is 0.233 e. The number of carbonyl (C=O) groups is 2. The lowest BCUT2D eigenvalue weighted by atomic mass is 10.2. The molecule has 126 valence electrons. The molecule has 1 aliphatic rings. The number of amides is 2. The first kappa shape index (κ1) is 17.3. The van der Waals surface area contributed by atoms with Crippen molar-refractivity contribution in [3.63, 3.8) is 0 Å². The van der Waals surface area contributed by atoms with Crippen molar-refractivity contribution in [2.45, 2.75) is 13.3 Å². The van der Waals surface area contributed by atoms with E-state index in [1.54, 1.807) is 4.90 Å². The van der Waals surface area contributed by atoms with Crippen molar-refractivity contribution < 1.29 is 22.8 Å². The van der Waals surface area contributed by atoms with Gasteiger partial charge in [0, 0.05) is 26.2 Å². The lowest BCUT2D eigenvalue weighted by molar-refractivity contribution is -0.136. The van der Waals surface area contributed by atoms with E-state index in [0.717, 1.165) is 25.7 Å². The minimum atomic E-state index is -1.66. The molecule has 1 aliphatic heterocycles. The summed E-state index contributed by atoms with van der Waals surface area (Å²) in [5.41, 5.74) is -0.488. The van der Waals surface area contributed by atoms with Crippen LogP contribution in [0.2, 0.25) is 0 Å². The predicted octanol–water partition coefficient (Wildman–Crippen LogP) is 1.60. The average Bonchev–Trinajstić information content (AvgIpc) is 2.55. The van der Waals surface area contributed by atoms with Crippen molar-refractivity contribution >= 4 is 17.5 Å². The van der Waals surface area contributed by atoms with Crippen molar-refractivity contribution in [1.29, 1.82) is 0 Å². The molecule has 5 nitrogen and oxygen atoms in total. The van der Waals surface area contributed by atoms with E-state index in [9.17, 15) is 22.8 Å². The molecule has 0 bridgehead atoms. The maximum atomic E-state index is 13.5. The second-order valence-electron chi connectivity index (χ2n) is 5.26. The highest BCUT2D eigenvalue weighted by molar-refractivity contribution is 6.03. The zero-order valence-electron chi connectivity index (χ0n) is 12.7. The molecule has 23 heavy (non-hydrogen) atoms. The first-order valence-electron chi connectivity index (χ1n) is 7.35. The molecule has 0 aromatic heterocycles. The fraction of sp³-hybridized carbons (Fsp3) is 0.467. The van der Waals surface area contributed by atoms with Gasteiger partial charge in [0.2, 0.25) is 11.8 Å². The Bertz CT molecular complexity index is 602. The maximum Gasteiger partial charge on any atom is 0.233 e. The number of anilines is 1. The van der Waals surface area contributed by atoms with Gasteiger partial charge in [0.25, 0.3) is 0 Å². The molecule has 2 rings (SSSR count). The van der Waals surface area contributed by atoms with Gasteiger partial charge in [0.1, 0.15) is 6.42 Å². The van der Waals surface area contributed by atoms with Gasteiger partial charge in [-0.15, -0.1) is 0 Å². The molecule has 0 atom stereocenters. The highest BCUT2D eigenvalue weighted by Gasteiger charge is 2.23. The molecular formula is C15H18F3N3O2. The number of carbonyl (C=O) groups excluding carboxylic acids is 2. The molecule has 1 aromatic rings. The lowest BCUT2D eigenvalue weighted by Crippen LogP contribution is -2.49. The molecule has 0 spiro atoms. The third kappa shape index (κ3) is 4.22.